The maximum absolute atomic E-state index is 13.3. The maximum atomic E-state index is 13.3. The minimum absolute atomic E-state index is 0.00174. The Bertz CT molecular complexity index is 1270. The number of Topliss-reactive ketones (excluding diaryl/α,β-unsaturated/α-hetero) is 1. The summed E-state index contributed by atoms with van der Waals surface area (Å²) in [6.45, 7) is 3.98. The van der Waals surface area contributed by atoms with Gasteiger partial charge in [0, 0.05) is 17.1 Å². The van der Waals surface area contributed by atoms with Crippen LogP contribution in [0.2, 0.25) is 5.02 Å². The zero-order chi connectivity index (χ0) is 25.1. The molecule has 1 fully saturated rings. The summed E-state index contributed by atoms with van der Waals surface area (Å²) in [7, 11) is 0. The zero-order valence-corrected chi connectivity index (χ0v) is 20.1. The van der Waals surface area contributed by atoms with E-state index in [1.54, 1.807) is 60.7 Å². The second-order valence-electron chi connectivity index (χ2n) is 8.61. The molecule has 35 heavy (non-hydrogen) atoms. The van der Waals surface area contributed by atoms with Gasteiger partial charge in [-0.2, -0.15) is 0 Å². The van der Waals surface area contributed by atoms with Crippen LogP contribution in [0.15, 0.2) is 78.4 Å². The van der Waals surface area contributed by atoms with E-state index >= 15 is 0 Å². The Morgan fingerprint density at radius 3 is 2.40 bits per heavy atom. The molecular weight excluding hydrogens is 469 g/mol. The molecule has 0 aliphatic carbocycles. The van der Waals surface area contributed by atoms with Crippen LogP contribution < -0.4 is 4.74 Å². The van der Waals surface area contributed by atoms with E-state index in [0.29, 0.717) is 28.3 Å². The second kappa shape index (κ2) is 10.3. The van der Waals surface area contributed by atoms with Gasteiger partial charge in [-0.05, 0) is 67.8 Å². The number of ketones is 1. The van der Waals surface area contributed by atoms with Gasteiger partial charge in [0.25, 0.3) is 11.7 Å². The number of nitrogens with zero attached hydrogens (tertiary/aromatic N) is 1. The topological polar surface area (TPSA) is 66.8 Å². The number of amides is 1. The van der Waals surface area contributed by atoms with Crippen molar-refractivity contribution in [3.05, 3.63) is 106 Å². The summed E-state index contributed by atoms with van der Waals surface area (Å²) in [5, 5.41) is 11.8. The predicted octanol–water partition coefficient (Wildman–Crippen LogP) is 5.93. The van der Waals surface area contributed by atoms with Crippen molar-refractivity contribution in [3.63, 3.8) is 0 Å². The third-order valence-corrected chi connectivity index (χ3v) is 6.01. The Kier molecular flexibility index (Phi) is 7.22. The summed E-state index contributed by atoms with van der Waals surface area (Å²) in [5.74, 6) is -1.56. The van der Waals surface area contributed by atoms with Gasteiger partial charge < -0.3 is 14.7 Å². The molecule has 4 rings (SSSR count). The number of halogens is 2. The molecule has 1 N–H and O–H groups in total. The van der Waals surface area contributed by atoms with Crippen molar-refractivity contribution in [1.29, 1.82) is 0 Å². The SMILES string of the molecule is CC(C)Oc1cccc(/C(O)=C2/C(=O)C(=O)N(CCc3ccc(F)cc3)C2c2ccc(Cl)cc2)c1. The molecule has 0 aromatic heterocycles. The summed E-state index contributed by atoms with van der Waals surface area (Å²) in [6.07, 6.45) is 0.341. The quantitative estimate of drug-likeness (QED) is 0.251. The lowest BCUT2D eigenvalue weighted by molar-refractivity contribution is -0.139. The van der Waals surface area contributed by atoms with Crippen LogP contribution >= 0.6 is 11.6 Å². The molecule has 7 heteroatoms. The van der Waals surface area contributed by atoms with Gasteiger partial charge in [0.15, 0.2) is 0 Å². The third kappa shape index (κ3) is 5.38. The Morgan fingerprint density at radius 2 is 1.74 bits per heavy atom. The van der Waals surface area contributed by atoms with Crippen LogP contribution in [0.25, 0.3) is 5.76 Å². The number of carbonyl (C=O) groups is 2. The van der Waals surface area contributed by atoms with Crippen molar-refractivity contribution in [2.24, 2.45) is 0 Å². The normalized spacial score (nSPS) is 17.3. The number of likely N-dealkylation sites (tertiary alicyclic amines) is 1. The number of hydrogen-bond acceptors (Lipinski definition) is 4. The van der Waals surface area contributed by atoms with Crippen LogP contribution in [0, 0.1) is 5.82 Å². The largest absolute Gasteiger partial charge is 0.507 e. The van der Waals surface area contributed by atoms with Crippen LogP contribution in [-0.4, -0.2) is 34.3 Å². The van der Waals surface area contributed by atoms with E-state index in [1.807, 2.05) is 13.8 Å². The zero-order valence-electron chi connectivity index (χ0n) is 19.4. The van der Waals surface area contributed by atoms with Crippen molar-refractivity contribution in [3.8, 4) is 5.75 Å². The first kappa shape index (κ1) is 24.5. The van der Waals surface area contributed by atoms with Crippen LogP contribution in [0.5, 0.6) is 5.75 Å². The van der Waals surface area contributed by atoms with Crippen LogP contribution in [-0.2, 0) is 16.0 Å². The lowest BCUT2D eigenvalue weighted by Crippen LogP contribution is -2.31. The Hall–Kier alpha value is -3.64. The average Bonchev–Trinajstić information content (AvgIpc) is 3.08. The fraction of sp³-hybridized carbons (Fsp3) is 0.214. The van der Waals surface area contributed by atoms with Crippen molar-refractivity contribution in [2.45, 2.75) is 32.4 Å². The van der Waals surface area contributed by atoms with E-state index in [-0.39, 0.29) is 29.8 Å². The highest BCUT2D eigenvalue weighted by atomic mass is 35.5. The molecule has 1 amide bonds. The molecule has 0 bridgehead atoms. The summed E-state index contributed by atoms with van der Waals surface area (Å²) < 4.78 is 19.0. The number of rotatable bonds is 7. The first-order valence-electron chi connectivity index (χ1n) is 11.3. The van der Waals surface area contributed by atoms with Gasteiger partial charge in [-0.15, -0.1) is 0 Å². The fourth-order valence-corrected chi connectivity index (χ4v) is 4.27. The second-order valence-corrected chi connectivity index (χ2v) is 9.05. The Morgan fingerprint density at radius 1 is 1.06 bits per heavy atom. The number of aliphatic hydroxyl groups is 1. The van der Waals surface area contributed by atoms with Crippen LogP contribution in [0.3, 0.4) is 0 Å². The van der Waals surface area contributed by atoms with E-state index in [9.17, 15) is 19.1 Å². The highest BCUT2D eigenvalue weighted by molar-refractivity contribution is 6.46. The molecule has 3 aromatic carbocycles. The van der Waals surface area contributed by atoms with E-state index in [1.165, 1.54) is 17.0 Å². The number of benzene rings is 3. The first-order valence-corrected chi connectivity index (χ1v) is 11.7. The van der Waals surface area contributed by atoms with Gasteiger partial charge in [-0.3, -0.25) is 9.59 Å². The summed E-state index contributed by atoms with van der Waals surface area (Å²) >= 11 is 6.07. The average molecular weight is 494 g/mol. The van der Waals surface area contributed by atoms with Gasteiger partial charge in [-0.1, -0.05) is 48.0 Å². The highest BCUT2D eigenvalue weighted by Gasteiger charge is 2.45. The molecule has 1 unspecified atom stereocenters. The molecule has 1 atom stereocenters. The molecule has 0 radical (unpaired) electrons. The third-order valence-electron chi connectivity index (χ3n) is 5.76. The molecule has 1 aliphatic heterocycles. The summed E-state index contributed by atoms with van der Waals surface area (Å²) in [5.41, 5.74) is 1.84. The molecule has 5 nitrogen and oxygen atoms in total. The lowest BCUT2D eigenvalue weighted by Gasteiger charge is -2.25. The van der Waals surface area contributed by atoms with Gasteiger partial charge >= 0.3 is 0 Å². The Labute approximate surface area is 208 Å². The maximum Gasteiger partial charge on any atom is 0.295 e. The standard InChI is InChI=1S/C28H25ClFNO4/c1-17(2)35-23-5-3-4-20(16-23)26(32)24-25(19-8-10-21(29)11-9-19)31(28(34)27(24)33)15-14-18-6-12-22(30)13-7-18/h3-13,16-17,25,32H,14-15H2,1-2H3/b26-24-. The monoisotopic (exact) mass is 493 g/mol. The van der Waals surface area contributed by atoms with Gasteiger partial charge in [0.05, 0.1) is 17.7 Å². The molecule has 1 heterocycles. The lowest BCUT2D eigenvalue weighted by atomic mass is 9.95. The molecular formula is C28H25ClFNO4. The minimum atomic E-state index is -0.803. The number of ether oxygens (including phenoxy) is 1. The van der Waals surface area contributed by atoms with E-state index in [4.69, 9.17) is 16.3 Å². The predicted molar refractivity (Wildman–Crippen MR) is 133 cm³/mol. The van der Waals surface area contributed by atoms with E-state index in [2.05, 4.69) is 0 Å². The smallest absolute Gasteiger partial charge is 0.295 e. The molecule has 3 aromatic rings. The van der Waals surface area contributed by atoms with Gasteiger partial charge in [0.2, 0.25) is 0 Å². The molecule has 0 saturated carbocycles. The van der Waals surface area contributed by atoms with Crippen LogP contribution in [0.1, 0.15) is 36.6 Å². The molecule has 180 valence electrons. The summed E-state index contributed by atoms with van der Waals surface area (Å²) in [6, 6.07) is 18.8. The van der Waals surface area contributed by atoms with Crippen LogP contribution in [0.4, 0.5) is 4.39 Å². The summed E-state index contributed by atoms with van der Waals surface area (Å²) in [4.78, 5) is 27.7. The molecule has 1 aliphatic rings. The van der Waals surface area contributed by atoms with Crippen molar-refractivity contribution < 1.29 is 23.8 Å². The minimum Gasteiger partial charge on any atom is -0.507 e. The first-order chi connectivity index (χ1) is 16.7. The van der Waals surface area contributed by atoms with E-state index in [0.717, 1.165) is 5.56 Å². The van der Waals surface area contributed by atoms with Crippen molar-refractivity contribution in [2.75, 3.05) is 6.54 Å². The van der Waals surface area contributed by atoms with Gasteiger partial charge in [0.1, 0.15) is 17.3 Å². The van der Waals surface area contributed by atoms with Crippen molar-refractivity contribution >= 4 is 29.1 Å². The highest BCUT2D eigenvalue weighted by Crippen LogP contribution is 2.40. The number of carbonyl (C=O) groups excluding carboxylic acids is 2. The number of aliphatic hydroxyl groups excluding tert-OH is 1. The van der Waals surface area contributed by atoms with E-state index < -0.39 is 17.7 Å². The van der Waals surface area contributed by atoms with Gasteiger partial charge in [-0.25, -0.2) is 4.39 Å². The molecule has 0 spiro atoms. The number of hydrogen-bond donors (Lipinski definition) is 1. The Balaban J connectivity index is 1.76. The molecule has 1 saturated heterocycles. The fourth-order valence-electron chi connectivity index (χ4n) is 4.15. The van der Waals surface area contributed by atoms with Crippen molar-refractivity contribution in [1.82, 2.24) is 4.90 Å².